The van der Waals surface area contributed by atoms with E-state index >= 15 is 0 Å². The van der Waals surface area contributed by atoms with Crippen LogP contribution in [-0.2, 0) is 6.54 Å². The molecule has 5 rings (SSSR count). The van der Waals surface area contributed by atoms with Gasteiger partial charge in [-0.15, -0.1) is 0 Å². The monoisotopic (exact) mass is 385 g/mol. The molecule has 4 nitrogen and oxygen atoms in total. The molecular weight excluding hydrogens is 365 g/mol. The summed E-state index contributed by atoms with van der Waals surface area (Å²) >= 11 is 0. The minimum absolute atomic E-state index is 0.118. The molecule has 0 bridgehead atoms. The van der Waals surface area contributed by atoms with Gasteiger partial charge in [-0.3, -0.25) is 9.36 Å². The molecule has 2 unspecified atom stereocenters. The molecule has 0 amide bonds. The van der Waals surface area contributed by atoms with Crippen molar-refractivity contribution in [2.75, 3.05) is 0 Å². The Morgan fingerprint density at radius 2 is 2.14 bits per heavy atom. The molecule has 1 aromatic carbocycles. The summed E-state index contributed by atoms with van der Waals surface area (Å²) in [6, 6.07) is 8.69. The first-order valence-electron chi connectivity index (χ1n) is 9.76. The fourth-order valence-electron chi connectivity index (χ4n) is 4.23. The zero-order chi connectivity index (χ0) is 20.0. The van der Waals surface area contributed by atoms with Gasteiger partial charge in [-0.25, -0.2) is 14.4 Å². The molecule has 0 radical (unpaired) electrons. The van der Waals surface area contributed by atoms with Gasteiger partial charge in [0.1, 0.15) is 5.82 Å². The van der Waals surface area contributed by atoms with Gasteiger partial charge in [0, 0.05) is 17.7 Å². The molecule has 2 aliphatic carbocycles. The van der Waals surface area contributed by atoms with Crippen molar-refractivity contribution >= 4 is 16.6 Å². The van der Waals surface area contributed by atoms with E-state index in [1.165, 1.54) is 16.5 Å². The van der Waals surface area contributed by atoms with Gasteiger partial charge in [0.25, 0.3) is 5.56 Å². The van der Waals surface area contributed by atoms with Crippen molar-refractivity contribution in [1.29, 1.82) is 0 Å². The van der Waals surface area contributed by atoms with Crippen LogP contribution in [0.1, 0.15) is 24.5 Å². The third-order valence-corrected chi connectivity index (χ3v) is 5.89. The lowest BCUT2D eigenvalue weighted by Gasteiger charge is -2.21. The predicted molar refractivity (Wildman–Crippen MR) is 112 cm³/mol. The van der Waals surface area contributed by atoms with Crippen LogP contribution in [0.2, 0.25) is 0 Å². The summed E-state index contributed by atoms with van der Waals surface area (Å²) in [4.78, 5) is 21.0. The third kappa shape index (κ3) is 3.12. The standard InChI is InChI=1S/C24H20FN3O/c1-15-4-5-18-11-16(8-9-20(15)18)17-6-7-19(21(25)12-17)13-28-14-27-22-3-2-10-26-23(22)24(28)29/h2-4,6-12,14,18,20H,5,13H2,1H3. The van der Waals surface area contributed by atoms with E-state index in [1.807, 2.05) is 6.07 Å². The van der Waals surface area contributed by atoms with Crippen molar-refractivity contribution in [1.82, 2.24) is 14.5 Å². The molecule has 2 atom stereocenters. The Bertz CT molecular complexity index is 1270. The van der Waals surface area contributed by atoms with Crippen LogP contribution in [0.15, 0.2) is 77.5 Å². The molecule has 0 fully saturated rings. The van der Waals surface area contributed by atoms with Crippen LogP contribution in [0.25, 0.3) is 16.6 Å². The minimum Gasteiger partial charge on any atom is -0.293 e. The average Bonchev–Trinajstić information content (AvgIpc) is 3.12. The molecule has 0 aliphatic heterocycles. The van der Waals surface area contributed by atoms with E-state index in [-0.39, 0.29) is 17.9 Å². The fourth-order valence-corrected chi connectivity index (χ4v) is 4.23. The highest BCUT2D eigenvalue weighted by atomic mass is 19.1. The van der Waals surface area contributed by atoms with Gasteiger partial charge in [0.15, 0.2) is 5.52 Å². The highest BCUT2D eigenvalue weighted by Crippen LogP contribution is 2.39. The molecule has 0 N–H and O–H groups in total. The number of allylic oxidation sites excluding steroid dienone is 6. The number of benzene rings is 1. The normalized spacial score (nSPS) is 20.5. The smallest absolute Gasteiger partial charge is 0.280 e. The van der Waals surface area contributed by atoms with E-state index < -0.39 is 0 Å². The highest BCUT2D eigenvalue weighted by molar-refractivity contribution is 5.76. The second kappa shape index (κ2) is 6.92. The SMILES string of the molecule is CC1=CCC2C=C(c3ccc(Cn4cnc5cccnc5c4=O)c(F)c3)C=CC12. The fraction of sp³-hybridized carbons (Fsp3) is 0.208. The topological polar surface area (TPSA) is 47.8 Å². The van der Waals surface area contributed by atoms with Crippen LogP contribution in [0.3, 0.4) is 0 Å². The molecule has 2 heterocycles. The van der Waals surface area contributed by atoms with Gasteiger partial charge >= 0.3 is 0 Å². The molecule has 144 valence electrons. The Kier molecular flexibility index (Phi) is 4.23. The van der Waals surface area contributed by atoms with E-state index in [0.717, 1.165) is 17.6 Å². The van der Waals surface area contributed by atoms with Crippen LogP contribution in [0.5, 0.6) is 0 Å². The van der Waals surface area contributed by atoms with Crippen molar-refractivity contribution in [3.8, 4) is 0 Å². The molecule has 3 aromatic rings. The maximum absolute atomic E-state index is 14.9. The number of rotatable bonds is 3. The van der Waals surface area contributed by atoms with E-state index in [0.29, 0.717) is 28.4 Å². The summed E-state index contributed by atoms with van der Waals surface area (Å²) < 4.78 is 16.2. The second-order valence-corrected chi connectivity index (χ2v) is 7.71. The van der Waals surface area contributed by atoms with Crippen molar-refractivity contribution in [2.45, 2.75) is 19.9 Å². The third-order valence-electron chi connectivity index (χ3n) is 5.89. The highest BCUT2D eigenvalue weighted by Gasteiger charge is 2.26. The van der Waals surface area contributed by atoms with Crippen molar-refractivity contribution < 1.29 is 4.39 Å². The maximum atomic E-state index is 14.9. The molecule has 0 saturated carbocycles. The quantitative estimate of drug-likeness (QED) is 0.623. The van der Waals surface area contributed by atoms with E-state index in [4.69, 9.17) is 0 Å². The van der Waals surface area contributed by atoms with Crippen LogP contribution in [0.4, 0.5) is 4.39 Å². The van der Waals surface area contributed by atoms with E-state index in [2.05, 4.69) is 41.2 Å². The zero-order valence-corrected chi connectivity index (χ0v) is 16.0. The molecule has 2 aliphatic rings. The number of aromatic nitrogens is 3. The predicted octanol–water partition coefficient (Wildman–Crippen LogP) is 4.51. The molecule has 0 saturated heterocycles. The number of nitrogens with zero attached hydrogens (tertiary/aromatic N) is 3. The summed E-state index contributed by atoms with van der Waals surface area (Å²) in [6.07, 6.45) is 12.9. The summed E-state index contributed by atoms with van der Waals surface area (Å²) in [6.45, 7) is 2.29. The minimum atomic E-state index is -0.326. The first kappa shape index (κ1) is 17.7. The first-order valence-corrected chi connectivity index (χ1v) is 9.76. The lowest BCUT2D eigenvalue weighted by atomic mass is 9.83. The Balaban J connectivity index is 1.43. The van der Waals surface area contributed by atoms with Crippen LogP contribution < -0.4 is 5.56 Å². The summed E-state index contributed by atoms with van der Waals surface area (Å²) in [5.41, 5.74) is 4.32. The van der Waals surface area contributed by atoms with E-state index in [1.54, 1.807) is 30.5 Å². The molecule has 0 spiro atoms. The van der Waals surface area contributed by atoms with Crippen molar-refractivity contribution in [3.63, 3.8) is 0 Å². The van der Waals surface area contributed by atoms with Gasteiger partial charge in [-0.2, -0.15) is 0 Å². The lowest BCUT2D eigenvalue weighted by molar-refractivity contribution is 0.579. The Morgan fingerprint density at radius 1 is 1.24 bits per heavy atom. The number of pyridine rings is 1. The van der Waals surface area contributed by atoms with Gasteiger partial charge < -0.3 is 0 Å². The Morgan fingerprint density at radius 3 is 3.00 bits per heavy atom. The number of hydrogen-bond donors (Lipinski definition) is 0. The molecular formula is C24H20FN3O. The number of hydrogen-bond acceptors (Lipinski definition) is 3. The summed E-state index contributed by atoms with van der Waals surface area (Å²) in [5, 5.41) is 0. The van der Waals surface area contributed by atoms with Crippen LogP contribution in [0, 0.1) is 17.7 Å². The van der Waals surface area contributed by atoms with Gasteiger partial charge in [0.2, 0.25) is 0 Å². The maximum Gasteiger partial charge on any atom is 0.280 e. The van der Waals surface area contributed by atoms with E-state index in [9.17, 15) is 9.18 Å². The first-order chi connectivity index (χ1) is 14.1. The number of fused-ring (bicyclic) bond motifs is 2. The van der Waals surface area contributed by atoms with Crippen molar-refractivity contribution in [2.24, 2.45) is 11.8 Å². The molecule has 5 heteroatoms. The van der Waals surface area contributed by atoms with Gasteiger partial charge in [0.05, 0.1) is 18.4 Å². The van der Waals surface area contributed by atoms with Crippen LogP contribution >= 0.6 is 0 Å². The Hall–Kier alpha value is -3.34. The van der Waals surface area contributed by atoms with Crippen LogP contribution in [-0.4, -0.2) is 14.5 Å². The molecule has 2 aromatic heterocycles. The average molecular weight is 385 g/mol. The van der Waals surface area contributed by atoms with Gasteiger partial charge in [-0.1, -0.05) is 42.0 Å². The molecule has 29 heavy (non-hydrogen) atoms. The number of halogens is 1. The Labute approximate surface area is 167 Å². The van der Waals surface area contributed by atoms with Gasteiger partial charge in [-0.05, 0) is 48.6 Å². The summed E-state index contributed by atoms with van der Waals surface area (Å²) in [5.74, 6) is 0.615. The zero-order valence-electron chi connectivity index (χ0n) is 16.0. The van der Waals surface area contributed by atoms with Crippen molar-refractivity contribution in [3.05, 3.63) is 100 Å². The lowest BCUT2D eigenvalue weighted by Crippen LogP contribution is -2.22. The largest absolute Gasteiger partial charge is 0.293 e. The second-order valence-electron chi connectivity index (χ2n) is 7.71. The summed E-state index contributed by atoms with van der Waals surface area (Å²) in [7, 11) is 0.